The number of carbonyl (C=O) groups is 3. The van der Waals surface area contributed by atoms with Crippen LogP contribution in [0.2, 0.25) is 10.0 Å². The fraction of sp³-hybridized carbons (Fsp3) is 0.438. The van der Waals surface area contributed by atoms with E-state index in [1.165, 1.54) is 18.2 Å². The van der Waals surface area contributed by atoms with E-state index in [1.54, 1.807) is 0 Å². The zero-order valence-electron chi connectivity index (χ0n) is 12.9. The molecule has 130 valence electrons. The normalized spacial score (nSPS) is 15.8. The molecule has 1 aromatic rings. The SMILES string of the molecule is O=C(O)CC1(NC(=O)CNC(=O)c2ccc(Cl)c(Cl)c2)CCCC1. The third-order valence-corrected chi connectivity index (χ3v) is 4.79. The highest BCUT2D eigenvalue weighted by Gasteiger charge is 2.37. The molecular formula is C16H18Cl2N2O4. The first-order valence-corrected chi connectivity index (χ1v) is 8.33. The van der Waals surface area contributed by atoms with Crippen molar-refractivity contribution in [2.45, 2.75) is 37.6 Å². The van der Waals surface area contributed by atoms with Gasteiger partial charge in [-0.3, -0.25) is 14.4 Å². The molecule has 1 aliphatic carbocycles. The monoisotopic (exact) mass is 372 g/mol. The number of carbonyl (C=O) groups excluding carboxylic acids is 2. The van der Waals surface area contributed by atoms with Gasteiger partial charge in [0.25, 0.3) is 5.91 Å². The summed E-state index contributed by atoms with van der Waals surface area (Å²) in [7, 11) is 0. The summed E-state index contributed by atoms with van der Waals surface area (Å²) in [5.74, 6) is -1.81. The quantitative estimate of drug-likeness (QED) is 0.714. The Kier molecular flexibility index (Phi) is 6.07. The van der Waals surface area contributed by atoms with Gasteiger partial charge in [0.05, 0.1) is 28.5 Å². The van der Waals surface area contributed by atoms with Gasteiger partial charge in [0.1, 0.15) is 0 Å². The zero-order valence-corrected chi connectivity index (χ0v) is 14.4. The molecule has 1 aliphatic rings. The number of hydrogen-bond acceptors (Lipinski definition) is 3. The van der Waals surface area contributed by atoms with E-state index >= 15 is 0 Å². The largest absolute Gasteiger partial charge is 0.481 e. The van der Waals surface area contributed by atoms with Crippen LogP contribution in [0.3, 0.4) is 0 Å². The van der Waals surface area contributed by atoms with Crippen LogP contribution in [0.5, 0.6) is 0 Å². The minimum Gasteiger partial charge on any atom is -0.481 e. The van der Waals surface area contributed by atoms with Crippen LogP contribution in [0.25, 0.3) is 0 Å². The van der Waals surface area contributed by atoms with Crippen LogP contribution in [0.1, 0.15) is 42.5 Å². The second-order valence-electron chi connectivity index (χ2n) is 5.92. The number of rotatable bonds is 6. The first-order valence-electron chi connectivity index (χ1n) is 7.57. The van der Waals surface area contributed by atoms with E-state index in [2.05, 4.69) is 10.6 Å². The van der Waals surface area contributed by atoms with Gasteiger partial charge in [0, 0.05) is 5.56 Å². The lowest BCUT2D eigenvalue weighted by Crippen LogP contribution is -2.51. The van der Waals surface area contributed by atoms with Crippen molar-refractivity contribution in [1.82, 2.24) is 10.6 Å². The molecule has 1 fully saturated rings. The molecule has 0 spiro atoms. The van der Waals surface area contributed by atoms with E-state index in [0.29, 0.717) is 23.4 Å². The van der Waals surface area contributed by atoms with Gasteiger partial charge in [-0.1, -0.05) is 36.0 Å². The van der Waals surface area contributed by atoms with Crippen LogP contribution in [0.4, 0.5) is 0 Å². The Bertz CT molecular complexity index is 657. The fourth-order valence-corrected chi connectivity index (χ4v) is 3.23. The third kappa shape index (κ3) is 4.85. The van der Waals surface area contributed by atoms with E-state index in [0.717, 1.165) is 12.8 Å². The van der Waals surface area contributed by atoms with Crippen LogP contribution >= 0.6 is 23.2 Å². The molecule has 8 heteroatoms. The van der Waals surface area contributed by atoms with Gasteiger partial charge in [-0.15, -0.1) is 0 Å². The van der Waals surface area contributed by atoms with Crippen LogP contribution in [0, 0.1) is 0 Å². The average Bonchev–Trinajstić information content (AvgIpc) is 2.94. The summed E-state index contributed by atoms with van der Waals surface area (Å²) >= 11 is 11.6. The van der Waals surface area contributed by atoms with Crippen molar-refractivity contribution in [2.75, 3.05) is 6.54 Å². The van der Waals surface area contributed by atoms with E-state index in [4.69, 9.17) is 28.3 Å². The molecule has 6 nitrogen and oxygen atoms in total. The highest BCUT2D eigenvalue weighted by molar-refractivity contribution is 6.42. The minimum atomic E-state index is -0.947. The fourth-order valence-electron chi connectivity index (χ4n) is 2.93. The molecule has 0 aliphatic heterocycles. The van der Waals surface area contributed by atoms with E-state index in [1.807, 2.05) is 0 Å². The summed E-state index contributed by atoms with van der Waals surface area (Å²) in [4.78, 5) is 35.1. The van der Waals surface area contributed by atoms with Gasteiger partial charge in [-0.05, 0) is 31.0 Å². The molecule has 0 heterocycles. The summed E-state index contributed by atoms with van der Waals surface area (Å²) in [5, 5.41) is 14.9. The summed E-state index contributed by atoms with van der Waals surface area (Å²) in [6, 6.07) is 4.42. The highest BCUT2D eigenvalue weighted by Crippen LogP contribution is 2.32. The van der Waals surface area contributed by atoms with E-state index in [-0.39, 0.29) is 18.0 Å². The second kappa shape index (κ2) is 7.85. The van der Waals surface area contributed by atoms with Crippen LogP contribution in [-0.4, -0.2) is 35.0 Å². The predicted molar refractivity (Wildman–Crippen MR) is 90.4 cm³/mol. The predicted octanol–water partition coefficient (Wildman–Crippen LogP) is 2.63. The Morgan fingerprint density at radius 2 is 1.79 bits per heavy atom. The number of amides is 2. The number of halogens is 2. The molecule has 0 bridgehead atoms. The van der Waals surface area contributed by atoms with Gasteiger partial charge in [-0.25, -0.2) is 0 Å². The summed E-state index contributed by atoms with van der Waals surface area (Å²) in [6.07, 6.45) is 2.91. The first kappa shape index (κ1) is 18.5. The van der Waals surface area contributed by atoms with Gasteiger partial charge in [-0.2, -0.15) is 0 Å². The summed E-state index contributed by atoms with van der Waals surface area (Å²) in [6.45, 7) is -0.236. The first-order chi connectivity index (χ1) is 11.3. The van der Waals surface area contributed by atoms with Gasteiger partial charge in [0.15, 0.2) is 0 Å². The zero-order chi connectivity index (χ0) is 17.7. The van der Waals surface area contributed by atoms with E-state index < -0.39 is 23.3 Å². The lowest BCUT2D eigenvalue weighted by molar-refractivity contribution is -0.139. The van der Waals surface area contributed by atoms with Crippen molar-refractivity contribution in [2.24, 2.45) is 0 Å². The van der Waals surface area contributed by atoms with E-state index in [9.17, 15) is 14.4 Å². The molecule has 24 heavy (non-hydrogen) atoms. The van der Waals surface area contributed by atoms with Gasteiger partial charge >= 0.3 is 5.97 Å². The average molecular weight is 373 g/mol. The number of nitrogens with one attached hydrogen (secondary N) is 2. The number of hydrogen-bond donors (Lipinski definition) is 3. The Morgan fingerprint density at radius 3 is 2.38 bits per heavy atom. The molecule has 0 unspecified atom stereocenters. The molecule has 2 rings (SSSR count). The lowest BCUT2D eigenvalue weighted by Gasteiger charge is -2.28. The van der Waals surface area contributed by atoms with Crippen LogP contribution < -0.4 is 10.6 Å². The van der Waals surface area contributed by atoms with Crippen LogP contribution in [0.15, 0.2) is 18.2 Å². The Hall–Kier alpha value is -1.79. The molecule has 1 saturated carbocycles. The van der Waals surface area contributed by atoms with Crippen molar-refractivity contribution in [3.8, 4) is 0 Å². The summed E-state index contributed by atoms with van der Waals surface area (Å²) in [5.41, 5.74) is -0.421. The van der Waals surface area contributed by atoms with Gasteiger partial charge in [0.2, 0.25) is 5.91 Å². The Morgan fingerprint density at radius 1 is 1.12 bits per heavy atom. The van der Waals surface area contributed by atoms with Crippen molar-refractivity contribution >= 4 is 41.0 Å². The minimum absolute atomic E-state index is 0.112. The molecule has 0 radical (unpaired) electrons. The highest BCUT2D eigenvalue weighted by atomic mass is 35.5. The maximum Gasteiger partial charge on any atom is 0.305 e. The molecule has 1 aromatic carbocycles. The lowest BCUT2D eigenvalue weighted by atomic mass is 9.93. The maximum absolute atomic E-state index is 12.1. The smallest absolute Gasteiger partial charge is 0.305 e. The topological polar surface area (TPSA) is 95.5 Å². The molecule has 0 aromatic heterocycles. The molecule has 2 amide bonds. The van der Waals surface area contributed by atoms with Crippen molar-refractivity contribution < 1.29 is 19.5 Å². The standard InChI is InChI=1S/C16H18Cl2N2O4/c17-11-4-3-10(7-12(11)18)15(24)19-9-13(21)20-16(8-14(22)23)5-1-2-6-16/h3-4,7H,1-2,5-6,8-9H2,(H,19,24)(H,20,21)(H,22,23). The number of benzene rings is 1. The Labute approximate surface area is 149 Å². The van der Waals surface area contributed by atoms with Gasteiger partial charge < -0.3 is 15.7 Å². The number of carboxylic acids is 1. The maximum atomic E-state index is 12.1. The molecular weight excluding hydrogens is 355 g/mol. The van der Waals surface area contributed by atoms with Crippen molar-refractivity contribution in [3.63, 3.8) is 0 Å². The molecule has 0 atom stereocenters. The Balaban J connectivity index is 1.91. The van der Waals surface area contributed by atoms with Crippen LogP contribution in [-0.2, 0) is 9.59 Å². The number of aliphatic carboxylic acids is 1. The molecule has 3 N–H and O–H groups in total. The summed E-state index contributed by atoms with van der Waals surface area (Å²) < 4.78 is 0. The molecule has 0 saturated heterocycles. The third-order valence-electron chi connectivity index (χ3n) is 4.05. The second-order valence-corrected chi connectivity index (χ2v) is 6.73. The van der Waals surface area contributed by atoms with Crippen molar-refractivity contribution in [1.29, 1.82) is 0 Å². The number of carboxylic acid groups (broad SMARTS) is 1. The van der Waals surface area contributed by atoms with Crippen molar-refractivity contribution in [3.05, 3.63) is 33.8 Å².